The molecule has 19 heteroatoms. The highest BCUT2D eigenvalue weighted by molar-refractivity contribution is 9.10. The van der Waals surface area contributed by atoms with E-state index in [1.807, 2.05) is 24.1 Å². The number of aromatic nitrogens is 4. The standard InChI is InChI=1S/C51H63BrN11O6P/c1-7-32-27-39(56-50-53-30-37(52)47(58-50)55-38-12-11-35-36(46(38)70(5,6)68)29-54-60(3)49(35)67)43(69-4)28-42(32)63-21-16-34(17-22-63)62-25-23-61(24-26-62)20-15-33-9-8-10-40(45(33)51(31-64)18-19-51)59(2)41-13-14-44(65)57-48(41)66/h8-12,27-31,34,41H,7,13-26H2,1-6H3,(H,57,65,66)(H2,53,55,56,58). The van der Waals surface area contributed by atoms with Crippen LogP contribution in [0.3, 0.4) is 0 Å². The van der Waals surface area contributed by atoms with Crippen LogP contribution >= 0.6 is 23.1 Å². The third kappa shape index (κ3) is 9.97. The van der Waals surface area contributed by atoms with Crippen molar-refractivity contribution < 1.29 is 23.7 Å². The summed E-state index contributed by atoms with van der Waals surface area (Å²) < 4.78 is 21.5. The van der Waals surface area contributed by atoms with E-state index in [0.29, 0.717) is 62.6 Å². The van der Waals surface area contributed by atoms with Crippen LogP contribution in [0, 0.1) is 0 Å². The van der Waals surface area contributed by atoms with Gasteiger partial charge >= 0.3 is 0 Å². The van der Waals surface area contributed by atoms with E-state index in [2.05, 4.69) is 81.8 Å². The number of halogens is 1. The van der Waals surface area contributed by atoms with Gasteiger partial charge in [-0.1, -0.05) is 19.1 Å². The lowest BCUT2D eigenvalue weighted by Gasteiger charge is -2.43. The molecule has 3 aromatic carbocycles. The van der Waals surface area contributed by atoms with Crippen molar-refractivity contribution in [1.82, 2.24) is 34.9 Å². The average Bonchev–Trinajstić information content (AvgIpc) is 4.16. The van der Waals surface area contributed by atoms with Crippen molar-refractivity contribution in [2.45, 2.75) is 75.8 Å². The number of hydrogen-bond acceptors (Lipinski definition) is 15. The summed E-state index contributed by atoms with van der Waals surface area (Å²) in [7, 11) is 2.27. The first-order valence-corrected chi connectivity index (χ1v) is 27.7. The third-order valence-corrected chi connectivity index (χ3v) is 16.9. The Kier molecular flexibility index (Phi) is 14.2. The second-order valence-electron chi connectivity index (χ2n) is 19.5. The molecule has 2 aromatic heterocycles. The van der Waals surface area contributed by atoms with Crippen LogP contribution in [0.25, 0.3) is 10.8 Å². The number of fused-ring (bicyclic) bond motifs is 1. The van der Waals surface area contributed by atoms with Crippen LogP contribution in [0.4, 0.5) is 34.5 Å². The normalized spacial score (nSPS) is 19.0. The van der Waals surface area contributed by atoms with Crippen molar-refractivity contribution in [3.05, 3.63) is 86.4 Å². The first-order valence-electron chi connectivity index (χ1n) is 24.3. The van der Waals surface area contributed by atoms with E-state index in [0.717, 1.165) is 108 Å². The Bertz CT molecular complexity index is 2940. The maximum Gasteiger partial charge on any atom is 0.274 e. The van der Waals surface area contributed by atoms with E-state index in [1.54, 1.807) is 52.0 Å². The summed E-state index contributed by atoms with van der Waals surface area (Å²) in [5, 5.41) is 15.0. The summed E-state index contributed by atoms with van der Waals surface area (Å²) >= 11 is 3.59. The number of piperazine rings is 1. The molecule has 1 aliphatic carbocycles. The molecule has 1 unspecified atom stereocenters. The molecule has 17 nitrogen and oxygen atoms in total. The second-order valence-corrected chi connectivity index (χ2v) is 23.5. The summed E-state index contributed by atoms with van der Waals surface area (Å²) in [6.45, 7) is 12.3. The number of benzene rings is 3. The number of nitrogens with zero attached hydrogens (tertiary/aromatic N) is 8. The number of rotatable bonds is 16. The Hall–Kier alpha value is -5.68. The minimum Gasteiger partial charge on any atom is -0.494 e. The minimum atomic E-state index is -2.90. The number of imide groups is 1. The molecule has 3 N–H and O–H groups in total. The minimum absolute atomic E-state index is 0.235. The van der Waals surface area contributed by atoms with Gasteiger partial charge in [-0.2, -0.15) is 10.1 Å². The van der Waals surface area contributed by atoms with E-state index in [4.69, 9.17) is 9.72 Å². The van der Waals surface area contributed by atoms with Crippen LogP contribution < -0.4 is 41.4 Å². The van der Waals surface area contributed by atoms with Crippen molar-refractivity contribution in [1.29, 1.82) is 0 Å². The fourth-order valence-corrected chi connectivity index (χ4v) is 12.5. The Morgan fingerprint density at radius 3 is 2.39 bits per heavy atom. The van der Waals surface area contributed by atoms with Gasteiger partial charge in [-0.05, 0) is 115 Å². The topological polar surface area (TPSA) is 187 Å². The van der Waals surface area contributed by atoms with Gasteiger partial charge in [0.2, 0.25) is 17.8 Å². The molecular formula is C51H63BrN11O6P. The molecule has 0 spiro atoms. The predicted molar refractivity (Wildman–Crippen MR) is 280 cm³/mol. The van der Waals surface area contributed by atoms with Crippen molar-refractivity contribution in [3.63, 3.8) is 0 Å². The van der Waals surface area contributed by atoms with Crippen LogP contribution in [0.1, 0.15) is 62.1 Å². The highest BCUT2D eigenvalue weighted by Crippen LogP contribution is 2.51. The zero-order valence-corrected chi connectivity index (χ0v) is 43.4. The number of aryl methyl sites for hydroxylation is 2. The fourth-order valence-electron chi connectivity index (χ4n) is 10.7. The summed E-state index contributed by atoms with van der Waals surface area (Å²) in [6.07, 6.45) is 10.5. The Morgan fingerprint density at radius 2 is 1.71 bits per heavy atom. The molecule has 370 valence electrons. The molecule has 4 fully saturated rings. The van der Waals surface area contributed by atoms with E-state index in [-0.39, 0.29) is 17.4 Å². The van der Waals surface area contributed by atoms with Crippen molar-refractivity contribution in [2.24, 2.45) is 7.05 Å². The largest absolute Gasteiger partial charge is 0.494 e. The number of nitrogens with one attached hydrogen (secondary N) is 3. The second kappa shape index (κ2) is 20.2. The highest BCUT2D eigenvalue weighted by Gasteiger charge is 2.48. The molecule has 9 rings (SSSR count). The first-order chi connectivity index (χ1) is 33.6. The molecule has 4 aliphatic rings. The lowest BCUT2D eigenvalue weighted by Crippen LogP contribution is -2.53. The fraction of sp³-hybridized carbons (Fsp3) is 0.471. The molecule has 1 saturated carbocycles. The number of hydrogen-bond donors (Lipinski definition) is 3. The number of likely N-dealkylation sites (N-methyl/N-ethyl adjacent to an activating group) is 1. The van der Waals surface area contributed by atoms with Gasteiger partial charge in [0.05, 0.1) is 40.0 Å². The molecule has 1 atom stereocenters. The number of methoxy groups -OCH3 is 1. The van der Waals surface area contributed by atoms with Crippen molar-refractivity contribution in [2.75, 3.05) is 93.7 Å². The lowest BCUT2D eigenvalue weighted by atomic mass is 9.88. The van der Waals surface area contributed by atoms with Crippen LogP contribution in [0.5, 0.6) is 5.75 Å². The van der Waals surface area contributed by atoms with Gasteiger partial charge in [-0.3, -0.25) is 24.6 Å². The van der Waals surface area contributed by atoms with Crippen LogP contribution in [-0.2, 0) is 44.3 Å². The molecule has 2 amide bonds. The maximum absolute atomic E-state index is 13.7. The van der Waals surface area contributed by atoms with Crippen molar-refractivity contribution in [3.8, 4) is 5.75 Å². The number of ether oxygens (including phenoxy) is 1. The van der Waals surface area contributed by atoms with Crippen LogP contribution in [0.15, 0.2) is 64.1 Å². The van der Waals surface area contributed by atoms with Gasteiger partial charge < -0.3 is 39.4 Å². The molecule has 5 aromatic rings. The van der Waals surface area contributed by atoms with E-state index >= 15 is 0 Å². The lowest BCUT2D eigenvalue weighted by molar-refractivity contribution is -0.134. The zero-order chi connectivity index (χ0) is 49.5. The van der Waals surface area contributed by atoms with Crippen LogP contribution in [-0.4, -0.2) is 133 Å². The zero-order valence-electron chi connectivity index (χ0n) is 40.9. The molecule has 0 bridgehead atoms. The first kappa shape index (κ1) is 49.3. The third-order valence-electron chi connectivity index (χ3n) is 14.8. The van der Waals surface area contributed by atoms with Gasteiger partial charge in [0, 0.05) is 107 Å². The number of amides is 2. The summed E-state index contributed by atoms with van der Waals surface area (Å²) in [6, 6.07) is 14.0. The molecule has 0 radical (unpaired) electrons. The molecule has 70 heavy (non-hydrogen) atoms. The highest BCUT2D eigenvalue weighted by atomic mass is 79.9. The Morgan fingerprint density at radius 1 is 0.957 bits per heavy atom. The molecule has 5 heterocycles. The monoisotopic (exact) mass is 1040 g/mol. The molecular weight excluding hydrogens is 974 g/mol. The van der Waals surface area contributed by atoms with E-state index in [9.17, 15) is 23.7 Å². The van der Waals surface area contributed by atoms with E-state index < -0.39 is 18.6 Å². The number of carbonyl (C=O) groups is 3. The van der Waals surface area contributed by atoms with Gasteiger partial charge in [0.15, 0.2) is 0 Å². The van der Waals surface area contributed by atoms with E-state index in [1.165, 1.54) is 21.5 Å². The smallest absolute Gasteiger partial charge is 0.274 e. The Labute approximate surface area is 417 Å². The maximum atomic E-state index is 13.7. The number of aldehydes is 1. The predicted octanol–water partition coefficient (Wildman–Crippen LogP) is 6.09. The Balaban J connectivity index is 0.823. The summed E-state index contributed by atoms with van der Waals surface area (Å²) in [4.78, 5) is 69.2. The number of anilines is 6. The van der Waals surface area contributed by atoms with Gasteiger partial charge in [0.25, 0.3) is 5.56 Å². The van der Waals surface area contributed by atoms with Gasteiger partial charge in [0.1, 0.15) is 31.0 Å². The SMILES string of the molecule is CCc1cc(Nc2ncc(Br)c(Nc3ccc4c(=O)n(C)ncc4c3P(C)(C)=O)n2)c(OC)cc1N1CCC(N2CCN(CCc3cccc(N(C)C4CCC(=O)NC4=O)c3C3(C=O)CC3)CC2)CC1. The molecule has 3 saturated heterocycles. The summed E-state index contributed by atoms with van der Waals surface area (Å²) in [5.41, 5.74) is 6.01. The molecule has 3 aliphatic heterocycles. The van der Waals surface area contributed by atoms with Gasteiger partial charge in [-0.25, -0.2) is 9.67 Å². The number of carbonyl (C=O) groups excluding carboxylic acids is 3. The van der Waals surface area contributed by atoms with Crippen LogP contribution in [0.2, 0.25) is 0 Å². The quantitative estimate of drug-likeness (QED) is 0.0585. The average molecular weight is 1040 g/mol. The van der Waals surface area contributed by atoms with Crippen molar-refractivity contribution >= 4 is 91.8 Å². The number of piperidine rings is 2. The summed E-state index contributed by atoms with van der Waals surface area (Å²) in [5.74, 6) is 0.954. The van der Waals surface area contributed by atoms with Gasteiger partial charge in [-0.15, -0.1) is 0 Å².